The van der Waals surface area contributed by atoms with Crippen molar-refractivity contribution in [3.63, 3.8) is 0 Å². The molecule has 0 bridgehead atoms. The van der Waals surface area contributed by atoms with Crippen LogP contribution in [-0.4, -0.2) is 25.2 Å². The van der Waals surface area contributed by atoms with Gasteiger partial charge < -0.3 is 9.47 Å². The Hall–Kier alpha value is -2.69. The van der Waals surface area contributed by atoms with Crippen LogP contribution in [0.3, 0.4) is 0 Å². The molecule has 5 heteroatoms. The summed E-state index contributed by atoms with van der Waals surface area (Å²) in [5.74, 6) is -1.24. The standard InChI is InChI=1S/C20H21FO4/c1-2-3-13-24-19(22)16-8-10-17(11-9-16)20(23)25-14-12-15-6-4-5-7-18(15)21/h4-11H,2-3,12-14H2,1H3. The minimum atomic E-state index is -0.512. The summed E-state index contributed by atoms with van der Waals surface area (Å²) in [5.41, 5.74) is 1.22. The van der Waals surface area contributed by atoms with Gasteiger partial charge in [0.25, 0.3) is 0 Å². The first-order valence-electron chi connectivity index (χ1n) is 8.29. The molecule has 0 amide bonds. The Morgan fingerprint density at radius 2 is 1.44 bits per heavy atom. The average Bonchev–Trinajstić information content (AvgIpc) is 2.63. The molecule has 2 aromatic carbocycles. The van der Waals surface area contributed by atoms with E-state index >= 15 is 0 Å². The van der Waals surface area contributed by atoms with Crippen LogP contribution in [-0.2, 0) is 15.9 Å². The van der Waals surface area contributed by atoms with Crippen LogP contribution in [0.1, 0.15) is 46.0 Å². The SMILES string of the molecule is CCCCOC(=O)c1ccc(C(=O)OCCc2ccccc2F)cc1. The molecule has 0 heterocycles. The van der Waals surface area contributed by atoms with Gasteiger partial charge in [-0.3, -0.25) is 0 Å². The lowest BCUT2D eigenvalue weighted by Crippen LogP contribution is -2.10. The molecule has 0 atom stereocenters. The topological polar surface area (TPSA) is 52.6 Å². The number of carbonyl (C=O) groups is 2. The van der Waals surface area contributed by atoms with E-state index in [9.17, 15) is 14.0 Å². The second kappa shape index (κ2) is 9.57. The van der Waals surface area contributed by atoms with Crippen molar-refractivity contribution < 1.29 is 23.5 Å². The van der Waals surface area contributed by atoms with Crippen molar-refractivity contribution in [3.8, 4) is 0 Å². The summed E-state index contributed by atoms with van der Waals surface area (Å²) in [6.07, 6.45) is 2.07. The van der Waals surface area contributed by atoms with Crippen LogP contribution in [0.25, 0.3) is 0 Å². The first kappa shape index (κ1) is 18.6. The molecule has 2 rings (SSSR count). The highest BCUT2D eigenvalue weighted by Gasteiger charge is 2.11. The van der Waals surface area contributed by atoms with Crippen LogP contribution in [0.4, 0.5) is 4.39 Å². The summed E-state index contributed by atoms with van der Waals surface area (Å²) in [4.78, 5) is 23.8. The third-order valence-electron chi connectivity index (χ3n) is 3.65. The van der Waals surface area contributed by atoms with Crippen molar-refractivity contribution in [2.24, 2.45) is 0 Å². The molecular formula is C20H21FO4. The van der Waals surface area contributed by atoms with Crippen molar-refractivity contribution in [2.45, 2.75) is 26.2 Å². The zero-order valence-corrected chi connectivity index (χ0v) is 14.2. The molecule has 0 aliphatic heterocycles. The number of halogens is 1. The van der Waals surface area contributed by atoms with Gasteiger partial charge in [0.1, 0.15) is 5.82 Å². The molecule has 4 nitrogen and oxygen atoms in total. The number of hydrogen-bond donors (Lipinski definition) is 0. The van der Waals surface area contributed by atoms with Gasteiger partial charge in [0.2, 0.25) is 0 Å². The summed E-state index contributed by atoms with van der Waals surface area (Å²) >= 11 is 0. The Morgan fingerprint density at radius 3 is 2.00 bits per heavy atom. The van der Waals surface area contributed by atoms with E-state index in [1.165, 1.54) is 30.3 Å². The van der Waals surface area contributed by atoms with Gasteiger partial charge in [0.05, 0.1) is 24.3 Å². The molecule has 25 heavy (non-hydrogen) atoms. The Bertz CT molecular complexity index is 710. The van der Waals surface area contributed by atoms with Crippen LogP contribution in [0.5, 0.6) is 0 Å². The fraction of sp³-hybridized carbons (Fsp3) is 0.300. The summed E-state index contributed by atoms with van der Waals surface area (Å²) in [7, 11) is 0. The number of carbonyl (C=O) groups excluding carboxylic acids is 2. The molecule has 2 aromatic rings. The minimum Gasteiger partial charge on any atom is -0.462 e. The molecule has 0 radical (unpaired) electrons. The van der Waals surface area contributed by atoms with Gasteiger partial charge in [-0.25, -0.2) is 14.0 Å². The molecule has 0 aromatic heterocycles. The van der Waals surface area contributed by atoms with Crippen molar-refractivity contribution in [1.29, 1.82) is 0 Å². The lowest BCUT2D eigenvalue weighted by atomic mass is 10.1. The molecule has 0 aliphatic carbocycles. The molecule has 0 fully saturated rings. The molecule has 0 unspecified atom stereocenters. The third-order valence-corrected chi connectivity index (χ3v) is 3.65. The Balaban J connectivity index is 1.83. The van der Waals surface area contributed by atoms with Crippen molar-refractivity contribution >= 4 is 11.9 Å². The van der Waals surface area contributed by atoms with Gasteiger partial charge in [-0.1, -0.05) is 31.5 Å². The molecular weight excluding hydrogens is 323 g/mol. The Morgan fingerprint density at radius 1 is 0.880 bits per heavy atom. The highest BCUT2D eigenvalue weighted by molar-refractivity contribution is 5.93. The molecule has 132 valence electrons. The van der Waals surface area contributed by atoms with E-state index in [2.05, 4.69) is 0 Å². The highest BCUT2D eigenvalue weighted by atomic mass is 19.1. The second-order valence-corrected chi connectivity index (χ2v) is 5.54. The van der Waals surface area contributed by atoms with E-state index in [0.29, 0.717) is 29.7 Å². The van der Waals surface area contributed by atoms with Crippen molar-refractivity contribution in [1.82, 2.24) is 0 Å². The van der Waals surface area contributed by atoms with E-state index in [0.717, 1.165) is 12.8 Å². The molecule has 0 aliphatic rings. The maximum Gasteiger partial charge on any atom is 0.338 e. The second-order valence-electron chi connectivity index (χ2n) is 5.54. The largest absolute Gasteiger partial charge is 0.462 e. The average molecular weight is 344 g/mol. The van der Waals surface area contributed by atoms with E-state index in [-0.39, 0.29) is 12.4 Å². The third kappa shape index (κ3) is 5.71. The number of esters is 2. The van der Waals surface area contributed by atoms with Gasteiger partial charge >= 0.3 is 11.9 Å². The fourth-order valence-electron chi connectivity index (χ4n) is 2.17. The monoisotopic (exact) mass is 344 g/mol. The number of unbranched alkanes of at least 4 members (excludes halogenated alkanes) is 1. The first-order valence-corrected chi connectivity index (χ1v) is 8.29. The maximum absolute atomic E-state index is 13.5. The van der Waals surface area contributed by atoms with Crippen molar-refractivity contribution in [2.75, 3.05) is 13.2 Å². The zero-order valence-electron chi connectivity index (χ0n) is 14.2. The predicted molar refractivity (Wildman–Crippen MR) is 92.0 cm³/mol. The number of ether oxygens (including phenoxy) is 2. The van der Waals surface area contributed by atoms with E-state index in [4.69, 9.17) is 9.47 Å². The van der Waals surface area contributed by atoms with Gasteiger partial charge in [-0.2, -0.15) is 0 Å². The lowest BCUT2D eigenvalue weighted by Gasteiger charge is -2.07. The Kier molecular flexibility index (Phi) is 7.14. The molecule has 0 saturated carbocycles. The van der Waals surface area contributed by atoms with Gasteiger partial charge in [0.15, 0.2) is 0 Å². The minimum absolute atomic E-state index is 0.0839. The lowest BCUT2D eigenvalue weighted by molar-refractivity contribution is 0.0489. The van der Waals surface area contributed by atoms with Gasteiger partial charge in [-0.15, -0.1) is 0 Å². The number of benzene rings is 2. The van der Waals surface area contributed by atoms with Crippen LogP contribution >= 0.6 is 0 Å². The summed E-state index contributed by atoms with van der Waals surface area (Å²) < 4.78 is 23.7. The summed E-state index contributed by atoms with van der Waals surface area (Å²) in [5, 5.41) is 0. The van der Waals surface area contributed by atoms with Gasteiger partial charge in [0, 0.05) is 6.42 Å². The van der Waals surface area contributed by atoms with Crippen LogP contribution in [0, 0.1) is 5.82 Å². The maximum atomic E-state index is 13.5. The smallest absolute Gasteiger partial charge is 0.338 e. The van der Waals surface area contributed by atoms with Gasteiger partial charge in [-0.05, 0) is 42.3 Å². The molecule has 0 saturated heterocycles. The number of hydrogen-bond acceptors (Lipinski definition) is 4. The molecule has 0 spiro atoms. The normalized spacial score (nSPS) is 10.3. The zero-order chi connectivity index (χ0) is 18.1. The Labute approximate surface area is 146 Å². The van der Waals surface area contributed by atoms with Crippen LogP contribution in [0.15, 0.2) is 48.5 Å². The quantitative estimate of drug-likeness (QED) is 0.532. The van der Waals surface area contributed by atoms with Crippen LogP contribution in [0.2, 0.25) is 0 Å². The van der Waals surface area contributed by atoms with E-state index in [1.54, 1.807) is 18.2 Å². The summed E-state index contributed by atoms with van der Waals surface area (Å²) in [6, 6.07) is 12.5. The fourth-order valence-corrected chi connectivity index (χ4v) is 2.17. The van der Waals surface area contributed by atoms with E-state index < -0.39 is 11.9 Å². The van der Waals surface area contributed by atoms with E-state index in [1.807, 2.05) is 6.92 Å². The predicted octanol–water partition coefficient (Wildman–Crippen LogP) is 4.18. The molecule has 0 N–H and O–H groups in total. The summed E-state index contributed by atoms with van der Waals surface area (Å²) in [6.45, 7) is 2.48. The van der Waals surface area contributed by atoms with Crippen molar-refractivity contribution in [3.05, 3.63) is 71.0 Å². The first-order chi connectivity index (χ1) is 12.1. The van der Waals surface area contributed by atoms with Crippen LogP contribution < -0.4 is 0 Å². The number of rotatable bonds is 8. The highest BCUT2D eigenvalue weighted by Crippen LogP contribution is 2.10.